The predicted octanol–water partition coefficient (Wildman–Crippen LogP) is 7.79. The summed E-state index contributed by atoms with van der Waals surface area (Å²) in [5.41, 5.74) is 5.90. The highest BCUT2D eigenvalue weighted by Crippen LogP contribution is 2.22. The topological polar surface area (TPSA) is 56.3 Å². The second-order valence-electron chi connectivity index (χ2n) is 9.15. The molecular weight excluding hydrogens is 446 g/mol. The van der Waals surface area contributed by atoms with E-state index in [0.717, 1.165) is 27.8 Å². The zero-order valence-corrected chi connectivity index (χ0v) is 21.6. The van der Waals surface area contributed by atoms with Gasteiger partial charge in [-0.25, -0.2) is 4.98 Å². The molecule has 0 bridgehead atoms. The van der Waals surface area contributed by atoms with Crippen LogP contribution in [-0.4, -0.2) is 23.7 Å². The first kappa shape index (κ1) is 26.6. The average molecular weight is 480 g/mol. The maximum absolute atomic E-state index is 11.8. The summed E-state index contributed by atoms with van der Waals surface area (Å²) < 4.78 is 5.03. The molecule has 4 heteroatoms. The van der Waals surface area contributed by atoms with E-state index in [1.165, 1.54) is 5.56 Å². The Kier molecular flexibility index (Phi) is 9.29. The van der Waals surface area contributed by atoms with Crippen LogP contribution >= 0.6 is 0 Å². The standard InChI is InChI=1S/C16H17NO2.C16H16O/c1-11(2)16(18)13-6-4-12(5-7-13)14-8-9-15(19-3)17-10-14;1-12(2)16(17)15-10-8-14(9-11-15)13-6-4-3-5-7-13/h4-11H,1-3H3;3-12H,1-2H3. The van der Waals surface area contributed by atoms with Crippen LogP contribution in [0.4, 0.5) is 0 Å². The number of aromatic nitrogens is 1. The van der Waals surface area contributed by atoms with E-state index >= 15 is 0 Å². The largest absolute Gasteiger partial charge is 0.481 e. The molecule has 3 aromatic carbocycles. The molecule has 0 unspecified atom stereocenters. The molecule has 4 nitrogen and oxygen atoms in total. The highest BCUT2D eigenvalue weighted by molar-refractivity contribution is 5.98. The van der Waals surface area contributed by atoms with Gasteiger partial charge in [0.2, 0.25) is 5.88 Å². The fourth-order valence-corrected chi connectivity index (χ4v) is 3.62. The van der Waals surface area contributed by atoms with Crippen LogP contribution in [0.25, 0.3) is 22.3 Å². The third kappa shape index (κ3) is 6.98. The van der Waals surface area contributed by atoms with Crippen LogP contribution < -0.4 is 4.74 Å². The van der Waals surface area contributed by atoms with Crippen molar-refractivity contribution in [3.05, 3.63) is 108 Å². The third-order valence-electron chi connectivity index (χ3n) is 5.77. The van der Waals surface area contributed by atoms with Crippen LogP contribution in [0, 0.1) is 11.8 Å². The lowest BCUT2D eigenvalue weighted by Gasteiger charge is -2.06. The molecule has 1 aromatic heterocycles. The zero-order chi connectivity index (χ0) is 26.1. The molecule has 184 valence electrons. The first-order chi connectivity index (χ1) is 17.3. The van der Waals surface area contributed by atoms with E-state index < -0.39 is 0 Å². The van der Waals surface area contributed by atoms with E-state index in [2.05, 4.69) is 17.1 Å². The molecule has 0 aliphatic heterocycles. The van der Waals surface area contributed by atoms with Gasteiger partial charge in [-0.15, -0.1) is 0 Å². The number of Topliss-reactive ketones (excluding diaryl/α,β-unsaturated/α-hetero) is 2. The lowest BCUT2D eigenvalue weighted by molar-refractivity contribution is 0.0932. The van der Waals surface area contributed by atoms with E-state index in [1.807, 2.05) is 107 Å². The Balaban J connectivity index is 0.000000202. The SMILES string of the molecule is CC(C)C(=O)c1ccc(-c2ccccc2)cc1.COc1ccc(-c2ccc(C(=O)C(C)C)cc2)cn1. The smallest absolute Gasteiger partial charge is 0.212 e. The quantitative estimate of drug-likeness (QED) is 0.254. The highest BCUT2D eigenvalue weighted by atomic mass is 16.5. The number of nitrogens with zero attached hydrogens (tertiary/aromatic N) is 1. The maximum Gasteiger partial charge on any atom is 0.212 e. The van der Waals surface area contributed by atoms with Gasteiger partial charge in [-0.3, -0.25) is 9.59 Å². The summed E-state index contributed by atoms with van der Waals surface area (Å²) in [6.45, 7) is 7.66. The molecule has 0 saturated carbocycles. The summed E-state index contributed by atoms with van der Waals surface area (Å²) in [6, 6.07) is 29.4. The Morgan fingerprint density at radius 2 is 1.00 bits per heavy atom. The number of ketones is 2. The second kappa shape index (κ2) is 12.6. The van der Waals surface area contributed by atoms with Crippen molar-refractivity contribution < 1.29 is 14.3 Å². The Hall–Kier alpha value is -4.05. The van der Waals surface area contributed by atoms with Crippen molar-refractivity contribution in [2.45, 2.75) is 27.7 Å². The number of carbonyl (C=O) groups excluding carboxylic acids is 2. The predicted molar refractivity (Wildman–Crippen MR) is 146 cm³/mol. The number of hydrogen-bond acceptors (Lipinski definition) is 4. The molecule has 0 spiro atoms. The van der Waals surface area contributed by atoms with Gasteiger partial charge in [0.25, 0.3) is 0 Å². The number of methoxy groups -OCH3 is 1. The van der Waals surface area contributed by atoms with E-state index in [-0.39, 0.29) is 23.4 Å². The number of hydrogen-bond donors (Lipinski definition) is 0. The van der Waals surface area contributed by atoms with Crippen molar-refractivity contribution in [1.29, 1.82) is 0 Å². The summed E-state index contributed by atoms with van der Waals surface area (Å²) in [5.74, 6) is 1.03. The van der Waals surface area contributed by atoms with E-state index in [0.29, 0.717) is 5.88 Å². The Bertz CT molecular complexity index is 1260. The van der Waals surface area contributed by atoms with Gasteiger partial charge >= 0.3 is 0 Å². The van der Waals surface area contributed by atoms with Crippen LogP contribution in [-0.2, 0) is 0 Å². The number of benzene rings is 3. The molecule has 0 radical (unpaired) electrons. The van der Waals surface area contributed by atoms with E-state index in [9.17, 15) is 9.59 Å². The molecule has 4 rings (SSSR count). The Morgan fingerprint density at radius 3 is 1.39 bits per heavy atom. The van der Waals surface area contributed by atoms with Crippen molar-refractivity contribution in [3.63, 3.8) is 0 Å². The van der Waals surface area contributed by atoms with Crippen molar-refractivity contribution in [3.8, 4) is 28.1 Å². The molecule has 0 aliphatic rings. The van der Waals surface area contributed by atoms with Crippen molar-refractivity contribution in [1.82, 2.24) is 4.98 Å². The van der Waals surface area contributed by atoms with Crippen molar-refractivity contribution in [2.75, 3.05) is 7.11 Å². The van der Waals surface area contributed by atoms with Crippen LogP contribution in [0.15, 0.2) is 97.2 Å². The molecule has 0 atom stereocenters. The average Bonchev–Trinajstić information content (AvgIpc) is 2.93. The van der Waals surface area contributed by atoms with Gasteiger partial charge in [0, 0.05) is 40.8 Å². The van der Waals surface area contributed by atoms with Gasteiger partial charge in [-0.05, 0) is 22.8 Å². The fraction of sp³-hybridized carbons (Fsp3) is 0.219. The third-order valence-corrected chi connectivity index (χ3v) is 5.77. The molecule has 36 heavy (non-hydrogen) atoms. The van der Waals surface area contributed by atoms with Gasteiger partial charge in [-0.2, -0.15) is 0 Å². The van der Waals surface area contributed by atoms with Gasteiger partial charge in [0.15, 0.2) is 11.6 Å². The minimum absolute atomic E-state index is 0.0218. The molecule has 1 heterocycles. The monoisotopic (exact) mass is 479 g/mol. The minimum Gasteiger partial charge on any atom is -0.481 e. The van der Waals surface area contributed by atoms with Crippen LogP contribution in [0.3, 0.4) is 0 Å². The summed E-state index contributed by atoms with van der Waals surface area (Å²) in [6.07, 6.45) is 1.76. The number of ether oxygens (including phenoxy) is 1. The van der Waals surface area contributed by atoms with Crippen LogP contribution in [0.1, 0.15) is 48.4 Å². The lowest BCUT2D eigenvalue weighted by atomic mass is 9.98. The minimum atomic E-state index is 0.0218. The van der Waals surface area contributed by atoms with Gasteiger partial charge in [0.1, 0.15) is 0 Å². The van der Waals surface area contributed by atoms with Gasteiger partial charge in [0.05, 0.1) is 7.11 Å². The lowest BCUT2D eigenvalue weighted by Crippen LogP contribution is -2.06. The zero-order valence-electron chi connectivity index (χ0n) is 21.6. The first-order valence-electron chi connectivity index (χ1n) is 12.1. The maximum atomic E-state index is 11.8. The highest BCUT2D eigenvalue weighted by Gasteiger charge is 2.11. The molecule has 0 N–H and O–H groups in total. The van der Waals surface area contributed by atoms with Gasteiger partial charge < -0.3 is 4.74 Å². The van der Waals surface area contributed by atoms with Crippen LogP contribution in [0.5, 0.6) is 5.88 Å². The number of pyridine rings is 1. The molecular formula is C32H33NO3. The van der Waals surface area contributed by atoms with Crippen molar-refractivity contribution in [2.24, 2.45) is 11.8 Å². The number of rotatable bonds is 7. The molecule has 0 aliphatic carbocycles. The summed E-state index contributed by atoms with van der Waals surface area (Å²) in [7, 11) is 1.59. The molecule has 0 saturated heterocycles. The Labute approximate surface area is 214 Å². The summed E-state index contributed by atoms with van der Waals surface area (Å²) in [5, 5.41) is 0. The van der Waals surface area contributed by atoms with Crippen molar-refractivity contribution >= 4 is 11.6 Å². The molecule has 0 fully saturated rings. The second-order valence-corrected chi connectivity index (χ2v) is 9.15. The normalized spacial score (nSPS) is 10.5. The van der Waals surface area contributed by atoms with Gasteiger partial charge in [-0.1, -0.05) is 107 Å². The van der Waals surface area contributed by atoms with E-state index in [1.54, 1.807) is 13.3 Å². The first-order valence-corrected chi connectivity index (χ1v) is 12.1. The molecule has 0 amide bonds. The fourth-order valence-electron chi connectivity index (χ4n) is 3.62. The summed E-state index contributed by atoms with van der Waals surface area (Å²) in [4.78, 5) is 27.8. The summed E-state index contributed by atoms with van der Waals surface area (Å²) >= 11 is 0. The molecule has 4 aromatic rings. The Morgan fingerprint density at radius 1 is 0.583 bits per heavy atom. The van der Waals surface area contributed by atoms with E-state index in [4.69, 9.17) is 4.74 Å². The van der Waals surface area contributed by atoms with Crippen LogP contribution in [0.2, 0.25) is 0 Å². The number of carbonyl (C=O) groups is 2.